The molecule has 1 saturated heterocycles. The molecule has 1 atom stereocenters. The zero-order valence-electron chi connectivity index (χ0n) is 12.4. The molecule has 1 heterocycles. The minimum absolute atomic E-state index is 0.313. The Bertz CT molecular complexity index is 642. The second kappa shape index (κ2) is 5.82. The van der Waals surface area contributed by atoms with Crippen LogP contribution in [0, 0.1) is 5.41 Å². The number of hydrogen-bond acceptors (Lipinski definition) is 3. The van der Waals surface area contributed by atoms with Crippen molar-refractivity contribution in [1.29, 1.82) is 0 Å². The SMILES string of the molecule is CC1(C)CNCCC1NS(=O)(=O)c1cccc(C(F)(F)F)c1. The van der Waals surface area contributed by atoms with Crippen LogP contribution < -0.4 is 10.0 Å². The maximum atomic E-state index is 12.7. The summed E-state index contributed by atoms with van der Waals surface area (Å²) >= 11 is 0. The van der Waals surface area contributed by atoms with Gasteiger partial charge in [0.05, 0.1) is 10.5 Å². The highest BCUT2D eigenvalue weighted by Crippen LogP contribution is 2.31. The predicted molar refractivity (Wildman–Crippen MR) is 76.8 cm³/mol. The number of halogens is 3. The summed E-state index contributed by atoms with van der Waals surface area (Å²) in [5, 5.41) is 3.18. The van der Waals surface area contributed by atoms with Gasteiger partial charge in [-0.3, -0.25) is 0 Å². The Labute approximate surface area is 128 Å². The largest absolute Gasteiger partial charge is 0.416 e. The Morgan fingerprint density at radius 3 is 2.59 bits per heavy atom. The number of rotatable bonds is 3. The minimum atomic E-state index is -4.57. The van der Waals surface area contributed by atoms with Crippen LogP contribution in [0.15, 0.2) is 29.2 Å². The summed E-state index contributed by atoms with van der Waals surface area (Å²) < 4.78 is 65.4. The Morgan fingerprint density at radius 2 is 2.00 bits per heavy atom. The van der Waals surface area contributed by atoms with Crippen molar-refractivity contribution in [2.24, 2.45) is 5.41 Å². The van der Waals surface area contributed by atoms with Crippen LogP contribution in [0.1, 0.15) is 25.8 Å². The number of benzene rings is 1. The maximum Gasteiger partial charge on any atom is 0.416 e. The first-order chi connectivity index (χ1) is 10.0. The normalized spacial score (nSPS) is 22.5. The molecule has 124 valence electrons. The van der Waals surface area contributed by atoms with Gasteiger partial charge in [-0.05, 0) is 36.6 Å². The molecule has 0 aliphatic carbocycles. The van der Waals surface area contributed by atoms with Gasteiger partial charge >= 0.3 is 6.18 Å². The van der Waals surface area contributed by atoms with Crippen molar-refractivity contribution in [2.45, 2.75) is 37.4 Å². The maximum absolute atomic E-state index is 12.7. The molecular weight excluding hydrogens is 317 g/mol. The van der Waals surface area contributed by atoms with Crippen LogP contribution in [0.4, 0.5) is 13.2 Å². The van der Waals surface area contributed by atoms with Crippen LogP contribution >= 0.6 is 0 Å². The van der Waals surface area contributed by atoms with E-state index in [0.29, 0.717) is 25.6 Å². The Balaban J connectivity index is 2.27. The monoisotopic (exact) mass is 336 g/mol. The molecule has 1 fully saturated rings. The third-order valence-corrected chi connectivity index (χ3v) is 5.37. The molecule has 0 saturated carbocycles. The van der Waals surface area contributed by atoms with Crippen molar-refractivity contribution >= 4 is 10.0 Å². The second-order valence-electron chi connectivity index (χ2n) is 6.15. The highest BCUT2D eigenvalue weighted by molar-refractivity contribution is 7.89. The number of piperidine rings is 1. The Hall–Kier alpha value is -1.12. The minimum Gasteiger partial charge on any atom is -0.316 e. The average Bonchev–Trinajstić information content (AvgIpc) is 2.40. The summed E-state index contributed by atoms with van der Waals surface area (Å²) in [6.07, 6.45) is -3.98. The summed E-state index contributed by atoms with van der Waals surface area (Å²) in [6, 6.07) is 3.47. The van der Waals surface area contributed by atoms with Crippen molar-refractivity contribution in [3.8, 4) is 0 Å². The fraction of sp³-hybridized carbons (Fsp3) is 0.571. The quantitative estimate of drug-likeness (QED) is 0.891. The van der Waals surface area contributed by atoms with E-state index in [9.17, 15) is 21.6 Å². The van der Waals surface area contributed by atoms with Crippen molar-refractivity contribution in [2.75, 3.05) is 13.1 Å². The van der Waals surface area contributed by atoms with E-state index in [4.69, 9.17) is 0 Å². The average molecular weight is 336 g/mol. The molecule has 1 unspecified atom stereocenters. The zero-order valence-corrected chi connectivity index (χ0v) is 13.2. The third-order valence-electron chi connectivity index (χ3n) is 3.90. The molecule has 0 aromatic heterocycles. The molecule has 1 aromatic rings. The molecule has 0 spiro atoms. The first kappa shape index (κ1) is 17.2. The fourth-order valence-electron chi connectivity index (χ4n) is 2.48. The third kappa shape index (κ3) is 3.80. The Kier molecular flexibility index (Phi) is 4.56. The van der Waals surface area contributed by atoms with Crippen LogP contribution in [0.25, 0.3) is 0 Å². The van der Waals surface area contributed by atoms with Crippen LogP contribution in [0.5, 0.6) is 0 Å². The lowest BCUT2D eigenvalue weighted by atomic mass is 9.81. The summed E-state index contributed by atoms with van der Waals surface area (Å²) in [6.45, 7) is 5.14. The first-order valence-corrected chi connectivity index (χ1v) is 8.41. The van der Waals surface area contributed by atoms with Crippen molar-refractivity contribution in [3.63, 3.8) is 0 Å². The number of hydrogen-bond donors (Lipinski definition) is 2. The van der Waals surface area contributed by atoms with Gasteiger partial charge in [0, 0.05) is 12.6 Å². The van der Waals surface area contributed by atoms with Crippen LogP contribution in [-0.2, 0) is 16.2 Å². The van der Waals surface area contributed by atoms with Crippen molar-refractivity contribution in [3.05, 3.63) is 29.8 Å². The van der Waals surface area contributed by atoms with E-state index in [1.54, 1.807) is 0 Å². The zero-order chi connectivity index (χ0) is 16.6. The topological polar surface area (TPSA) is 58.2 Å². The molecule has 0 bridgehead atoms. The van der Waals surface area contributed by atoms with Crippen LogP contribution in [-0.4, -0.2) is 27.5 Å². The molecule has 2 N–H and O–H groups in total. The van der Waals surface area contributed by atoms with Gasteiger partial charge in [0.15, 0.2) is 0 Å². The molecular formula is C14H19F3N2O2S. The van der Waals surface area contributed by atoms with E-state index < -0.39 is 21.8 Å². The summed E-state index contributed by atoms with van der Waals surface area (Å²) in [4.78, 5) is -0.364. The molecule has 0 amide bonds. The molecule has 22 heavy (non-hydrogen) atoms. The lowest BCUT2D eigenvalue weighted by Crippen LogP contribution is -2.54. The molecule has 1 aliphatic rings. The summed E-state index contributed by atoms with van der Waals surface area (Å²) in [5.41, 5.74) is -1.28. The van der Waals surface area contributed by atoms with E-state index in [1.165, 1.54) is 6.07 Å². The summed E-state index contributed by atoms with van der Waals surface area (Å²) in [7, 11) is -3.99. The van der Waals surface area contributed by atoms with Gasteiger partial charge in [-0.15, -0.1) is 0 Å². The molecule has 1 aliphatic heterocycles. The van der Waals surface area contributed by atoms with Gasteiger partial charge in [-0.25, -0.2) is 13.1 Å². The van der Waals surface area contributed by atoms with Crippen molar-refractivity contribution in [1.82, 2.24) is 10.0 Å². The van der Waals surface area contributed by atoms with E-state index in [0.717, 1.165) is 12.1 Å². The molecule has 2 rings (SSSR count). The summed E-state index contributed by atoms with van der Waals surface area (Å²) in [5.74, 6) is 0. The second-order valence-corrected chi connectivity index (χ2v) is 7.87. The highest BCUT2D eigenvalue weighted by atomic mass is 32.2. The van der Waals surface area contributed by atoms with E-state index in [1.807, 2.05) is 13.8 Å². The van der Waals surface area contributed by atoms with Crippen LogP contribution in [0.2, 0.25) is 0 Å². The van der Waals surface area contributed by atoms with E-state index in [-0.39, 0.29) is 16.4 Å². The number of sulfonamides is 1. The number of alkyl halides is 3. The Morgan fingerprint density at radius 1 is 1.32 bits per heavy atom. The number of nitrogens with one attached hydrogen (secondary N) is 2. The first-order valence-electron chi connectivity index (χ1n) is 6.93. The van der Waals surface area contributed by atoms with Crippen LogP contribution in [0.3, 0.4) is 0 Å². The molecule has 8 heteroatoms. The van der Waals surface area contributed by atoms with Gasteiger partial charge in [0.2, 0.25) is 10.0 Å². The standard InChI is InChI=1S/C14H19F3N2O2S/c1-13(2)9-18-7-6-12(13)19-22(20,21)11-5-3-4-10(8-11)14(15,16)17/h3-5,8,12,18-19H,6-7,9H2,1-2H3. The lowest BCUT2D eigenvalue weighted by molar-refractivity contribution is -0.137. The van der Waals surface area contributed by atoms with Gasteiger partial charge in [0.1, 0.15) is 0 Å². The predicted octanol–water partition coefficient (Wildman–Crippen LogP) is 2.37. The highest BCUT2D eigenvalue weighted by Gasteiger charge is 2.36. The molecule has 1 aromatic carbocycles. The van der Waals surface area contributed by atoms with E-state index in [2.05, 4.69) is 10.0 Å². The molecule has 0 radical (unpaired) electrons. The van der Waals surface area contributed by atoms with Gasteiger partial charge in [-0.1, -0.05) is 19.9 Å². The van der Waals surface area contributed by atoms with E-state index >= 15 is 0 Å². The fourth-order valence-corrected chi connectivity index (χ4v) is 3.97. The van der Waals surface area contributed by atoms with Crippen molar-refractivity contribution < 1.29 is 21.6 Å². The lowest BCUT2D eigenvalue weighted by Gasteiger charge is -2.39. The van der Waals surface area contributed by atoms with Gasteiger partial charge < -0.3 is 5.32 Å². The van der Waals surface area contributed by atoms with Gasteiger partial charge in [0.25, 0.3) is 0 Å². The smallest absolute Gasteiger partial charge is 0.316 e. The molecule has 4 nitrogen and oxygen atoms in total. The van der Waals surface area contributed by atoms with Gasteiger partial charge in [-0.2, -0.15) is 13.2 Å².